The van der Waals surface area contributed by atoms with Gasteiger partial charge in [0.15, 0.2) is 0 Å². The van der Waals surface area contributed by atoms with Crippen LogP contribution in [0.15, 0.2) is 24.4 Å². The van der Waals surface area contributed by atoms with Crippen LogP contribution < -0.4 is 10.8 Å². The molecule has 138 valence electrons. The number of hydrogen-bond acceptors (Lipinski definition) is 4. The van der Waals surface area contributed by atoms with Gasteiger partial charge in [-0.25, -0.2) is 9.37 Å². The SMILES string of the molecule is CC1(C)OB(c2ccc(-c3c[nH]c([C@@H]4CCCN4)n3)cc2F)OC1(C)C. The zero-order valence-corrected chi connectivity index (χ0v) is 15.7. The number of H-pyrrole nitrogens is 1. The van der Waals surface area contributed by atoms with Crippen LogP contribution in [-0.2, 0) is 9.31 Å². The van der Waals surface area contributed by atoms with Gasteiger partial charge in [-0.05, 0) is 53.1 Å². The van der Waals surface area contributed by atoms with Gasteiger partial charge >= 0.3 is 7.12 Å². The summed E-state index contributed by atoms with van der Waals surface area (Å²) in [4.78, 5) is 7.84. The van der Waals surface area contributed by atoms with Gasteiger partial charge in [0.1, 0.15) is 11.6 Å². The third-order valence-electron chi connectivity index (χ3n) is 5.79. The first-order valence-corrected chi connectivity index (χ1v) is 9.21. The van der Waals surface area contributed by atoms with Gasteiger partial charge in [-0.3, -0.25) is 0 Å². The summed E-state index contributed by atoms with van der Waals surface area (Å²) in [5, 5.41) is 3.41. The molecule has 0 aliphatic carbocycles. The zero-order chi connectivity index (χ0) is 18.5. The summed E-state index contributed by atoms with van der Waals surface area (Å²) < 4.78 is 26.7. The van der Waals surface area contributed by atoms with Crippen LogP contribution in [0.4, 0.5) is 4.39 Å². The number of hydrogen-bond donors (Lipinski definition) is 2. The Labute approximate surface area is 153 Å². The Morgan fingerprint density at radius 2 is 1.92 bits per heavy atom. The van der Waals surface area contributed by atoms with Crippen LogP contribution in [-0.4, -0.2) is 34.8 Å². The van der Waals surface area contributed by atoms with E-state index in [9.17, 15) is 4.39 Å². The minimum absolute atomic E-state index is 0.262. The van der Waals surface area contributed by atoms with E-state index in [0.717, 1.165) is 36.5 Å². The van der Waals surface area contributed by atoms with Crippen molar-refractivity contribution in [2.45, 2.75) is 57.8 Å². The maximum Gasteiger partial charge on any atom is 0.497 e. The quantitative estimate of drug-likeness (QED) is 0.830. The van der Waals surface area contributed by atoms with Gasteiger partial charge in [0, 0.05) is 17.2 Å². The van der Waals surface area contributed by atoms with Crippen LogP contribution in [0.3, 0.4) is 0 Å². The topological polar surface area (TPSA) is 59.2 Å². The Hall–Kier alpha value is -1.70. The summed E-state index contributed by atoms with van der Waals surface area (Å²) in [6.45, 7) is 8.85. The molecule has 5 nitrogen and oxygen atoms in total. The van der Waals surface area contributed by atoms with Crippen molar-refractivity contribution in [2.24, 2.45) is 0 Å². The second-order valence-corrected chi connectivity index (χ2v) is 8.14. The molecule has 0 unspecified atom stereocenters. The lowest BCUT2D eigenvalue weighted by Gasteiger charge is -2.32. The molecule has 3 heterocycles. The Bertz CT molecular complexity index is 799. The molecule has 1 aromatic carbocycles. The van der Waals surface area contributed by atoms with Crippen LogP contribution in [0.2, 0.25) is 0 Å². The average Bonchev–Trinajstić information content (AvgIpc) is 3.27. The monoisotopic (exact) mass is 357 g/mol. The predicted octanol–water partition coefficient (Wildman–Crippen LogP) is 2.94. The fourth-order valence-corrected chi connectivity index (χ4v) is 3.43. The molecule has 0 amide bonds. The molecule has 7 heteroatoms. The average molecular weight is 357 g/mol. The van der Waals surface area contributed by atoms with Gasteiger partial charge in [-0.1, -0.05) is 12.1 Å². The first-order valence-electron chi connectivity index (χ1n) is 9.21. The fourth-order valence-electron chi connectivity index (χ4n) is 3.43. The molecule has 1 atom stereocenters. The molecule has 0 spiro atoms. The van der Waals surface area contributed by atoms with Gasteiger partial charge in [0.2, 0.25) is 0 Å². The highest BCUT2D eigenvalue weighted by Gasteiger charge is 2.52. The molecule has 4 rings (SSSR count). The van der Waals surface area contributed by atoms with E-state index in [0.29, 0.717) is 5.46 Å². The molecule has 2 aliphatic heterocycles. The number of halogens is 1. The smallest absolute Gasteiger partial charge is 0.399 e. The zero-order valence-electron chi connectivity index (χ0n) is 15.7. The van der Waals surface area contributed by atoms with Crippen molar-refractivity contribution < 1.29 is 13.7 Å². The van der Waals surface area contributed by atoms with E-state index in [4.69, 9.17) is 9.31 Å². The third-order valence-corrected chi connectivity index (χ3v) is 5.79. The molecule has 2 aliphatic rings. The van der Waals surface area contributed by atoms with Crippen LogP contribution >= 0.6 is 0 Å². The van der Waals surface area contributed by atoms with Crippen LogP contribution in [0.1, 0.15) is 52.4 Å². The van der Waals surface area contributed by atoms with Gasteiger partial charge in [0.25, 0.3) is 0 Å². The maximum absolute atomic E-state index is 14.8. The van der Waals surface area contributed by atoms with Crippen LogP contribution in [0.25, 0.3) is 11.3 Å². The number of imidazole rings is 1. The van der Waals surface area contributed by atoms with Crippen molar-refractivity contribution in [3.8, 4) is 11.3 Å². The lowest BCUT2D eigenvalue weighted by Crippen LogP contribution is -2.41. The van der Waals surface area contributed by atoms with E-state index in [1.165, 1.54) is 6.07 Å². The second-order valence-electron chi connectivity index (χ2n) is 8.14. The summed E-state index contributed by atoms with van der Waals surface area (Å²) in [7, 11) is -0.702. The predicted molar refractivity (Wildman–Crippen MR) is 99.7 cm³/mol. The number of rotatable bonds is 3. The van der Waals surface area contributed by atoms with Crippen molar-refractivity contribution in [3.63, 3.8) is 0 Å². The Morgan fingerprint density at radius 1 is 1.19 bits per heavy atom. The molecule has 0 radical (unpaired) electrons. The summed E-state index contributed by atoms with van der Waals surface area (Å²) in [5.74, 6) is 0.567. The van der Waals surface area contributed by atoms with Gasteiger partial charge in [0.05, 0.1) is 22.9 Å². The standard InChI is InChI=1S/C19H25BFN3O2/c1-18(2)19(3,4)26-20(25-18)13-8-7-12(10-14(13)21)16-11-23-17(24-16)15-6-5-9-22-15/h7-8,10-11,15,22H,5-6,9H2,1-4H3,(H,23,24)/t15-/m0/s1. The number of aromatic amines is 1. The lowest BCUT2D eigenvalue weighted by molar-refractivity contribution is 0.00578. The van der Waals surface area contributed by atoms with Crippen molar-refractivity contribution in [1.29, 1.82) is 0 Å². The summed E-state index contributed by atoms with van der Waals surface area (Å²) in [5.41, 5.74) is 0.916. The van der Waals surface area contributed by atoms with E-state index < -0.39 is 18.3 Å². The van der Waals surface area contributed by atoms with Crippen molar-refractivity contribution >= 4 is 12.6 Å². The summed E-state index contributed by atoms with van der Waals surface area (Å²) in [6, 6.07) is 5.36. The van der Waals surface area contributed by atoms with Gasteiger partial charge < -0.3 is 19.6 Å². The van der Waals surface area contributed by atoms with E-state index in [2.05, 4.69) is 15.3 Å². The van der Waals surface area contributed by atoms with Crippen LogP contribution in [0.5, 0.6) is 0 Å². The molecule has 26 heavy (non-hydrogen) atoms. The Balaban J connectivity index is 1.57. The van der Waals surface area contributed by atoms with Crippen molar-refractivity contribution in [1.82, 2.24) is 15.3 Å². The van der Waals surface area contributed by atoms with E-state index in [1.54, 1.807) is 6.07 Å². The molecule has 0 saturated carbocycles. The largest absolute Gasteiger partial charge is 0.497 e. The lowest BCUT2D eigenvalue weighted by atomic mass is 9.78. The van der Waals surface area contributed by atoms with Crippen molar-refractivity contribution in [2.75, 3.05) is 6.54 Å². The highest BCUT2D eigenvalue weighted by molar-refractivity contribution is 6.62. The van der Waals surface area contributed by atoms with Crippen LogP contribution in [0, 0.1) is 5.82 Å². The first-order chi connectivity index (χ1) is 12.3. The summed E-state index contributed by atoms with van der Waals surface area (Å²) >= 11 is 0. The number of aromatic nitrogens is 2. The Morgan fingerprint density at radius 3 is 2.54 bits per heavy atom. The molecule has 2 N–H and O–H groups in total. The third kappa shape index (κ3) is 2.98. The minimum Gasteiger partial charge on any atom is -0.399 e. The number of benzene rings is 1. The highest BCUT2D eigenvalue weighted by Crippen LogP contribution is 2.36. The number of nitrogens with one attached hydrogen (secondary N) is 2. The minimum atomic E-state index is -0.702. The molecule has 2 saturated heterocycles. The first kappa shape index (κ1) is 17.7. The molecule has 1 aromatic heterocycles. The summed E-state index contributed by atoms with van der Waals surface area (Å²) in [6.07, 6.45) is 4.05. The molecular formula is C19H25BFN3O2. The maximum atomic E-state index is 14.8. The van der Waals surface area contributed by atoms with Gasteiger partial charge in [-0.2, -0.15) is 0 Å². The van der Waals surface area contributed by atoms with E-state index in [1.807, 2.05) is 40.0 Å². The highest BCUT2D eigenvalue weighted by atomic mass is 19.1. The normalized spacial score (nSPS) is 24.3. The second kappa shape index (κ2) is 6.18. The fraction of sp³-hybridized carbons (Fsp3) is 0.526. The molecule has 0 bridgehead atoms. The Kier molecular flexibility index (Phi) is 4.21. The van der Waals surface area contributed by atoms with E-state index in [-0.39, 0.29) is 11.9 Å². The number of nitrogens with zero attached hydrogens (tertiary/aromatic N) is 1. The van der Waals surface area contributed by atoms with Crippen molar-refractivity contribution in [3.05, 3.63) is 36.0 Å². The van der Waals surface area contributed by atoms with Gasteiger partial charge in [-0.15, -0.1) is 0 Å². The molecule has 2 aromatic rings. The molecule has 2 fully saturated rings. The van der Waals surface area contributed by atoms with E-state index >= 15 is 0 Å². The molecular weight excluding hydrogens is 332 g/mol.